The molecule has 3 N–H and O–H groups in total. The van der Waals surface area contributed by atoms with Crippen molar-refractivity contribution in [2.24, 2.45) is 5.92 Å². The molecule has 184 valence electrons. The molecule has 36 heavy (non-hydrogen) atoms. The molecule has 8 heteroatoms. The molecule has 2 saturated carbocycles. The van der Waals surface area contributed by atoms with E-state index in [0.29, 0.717) is 35.0 Å². The van der Waals surface area contributed by atoms with Crippen molar-refractivity contribution in [1.29, 1.82) is 0 Å². The van der Waals surface area contributed by atoms with Crippen LogP contribution in [0.3, 0.4) is 0 Å². The van der Waals surface area contributed by atoms with Gasteiger partial charge in [-0.25, -0.2) is 9.78 Å². The molecule has 2 aromatic carbocycles. The molecule has 4 aromatic rings. The number of ether oxygens (including phenoxy) is 2. The van der Waals surface area contributed by atoms with Gasteiger partial charge in [0.15, 0.2) is 0 Å². The third kappa shape index (κ3) is 4.34. The Morgan fingerprint density at radius 3 is 2.58 bits per heavy atom. The highest BCUT2D eigenvalue weighted by atomic mass is 16.6. The van der Waals surface area contributed by atoms with Crippen LogP contribution in [0.25, 0.3) is 22.2 Å². The van der Waals surface area contributed by atoms with Gasteiger partial charge in [0.1, 0.15) is 11.9 Å². The van der Waals surface area contributed by atoms with E-state index in [1.807, 2.05) is 43.3 Å². The first-order chi connectivity index (χ1) is 17.6. The number of fused-ring (bicyclic) bond motifs is 1. The van der Waals surface area contributed by atoms with Crippen LogP contribution >= 0.6 is 0 Å². The summed E-state index contributed by atoms with van der Waals surface area (Å²) in [6.07, 6.45) is 10.0. The third-order valence-electron chi connectivity index (χ3n) is 7.20. The maximum absolute atomic E-state index is 12.3. The quantitative estimate of drug-likeness (QED) is 0.309. The highest BCUT2D eigenvalue weighted by molar-refractivity contribution is 6.02. The zero-order valence-corrected chi connectivity index (χ0v) is 20.2. The van der Waals surface area contributed by atoms with Crippen LogP contribution in [-0.4, -0.2) is 26.7 Å². The topological polar surface area (TPSA) is 104 Å². The van der Waals surface area contributed by atoms with E-state index < -0.39 is 6.09 Å². The lowest BCUT2D eigenvalue weighted by Gasteiger charge is -2.30. The van der Waals surface area contributed by atoms with Gasteiger partial charge in [-0.05, 0) is 75.3 Å². The minimum absolute atomic E-state index is 0.0509. The van der Waals surface area contributed by atoms with Crippen LogP contribution in [0.1, 0.15) is 45.1 Å². The van der Waals surface area contributed by atoms with E-state index >= 15 is 0 Å². The molecule has 0 saturated heterocycles. The number of hydrogen-bond donors (Lipinski definition) is 2. The fourth-order valence-electron chi connectivity index (χ4n) is 4.85. The van der Waals surface area contributed by atoms with Crippen molar-refractivity contribution >= 4 is 28.4 Å². The molecule has 0 bridgehead atoms. The second-order valence-corrected chi connectivity index (χ2v) is 9.69. The van der Waals surface area contributed by atoms with Gasteiger partial charge in [0.25, 0.3) is 0 Å². The van der Waals surface area contributed by atoms with Crippen molar-refractivity contribution in [2.75, 3.05) is 11.1 Å². The molecule has 6 rings (SSSR count). The van der Waals surface area contributed by atoms with Gasteiger partial charge in [-0.3, -0.25) is 10.3 Å². The standard InChI is InChI=1S/C28H29N5O3/c1-17(18-5-6-18)35-28(34)32-20-9-7-19(8-10-20)27-26(29)23-15-22(36-25-16-30-13-14-31-25)11-12-24(23)33(27)21-3-2-4-21/h7-18,21H,2-6,29H2,1H3,(H,32,34)/t17-/m1/s1. The average molecular weight is 484 g/mol. The van der Waals surface area contributed by atoms with E-state index in [2.05, 4.69) is 25.9 Å². The van der Waals surface area contributed by atoms with Gasteiger partial charge in [-0.2, -0.15) is 0 Å². The Balaban J connectivity index is 1.30. The summed E-state index contributed by atoms with van der Waals surface area (Å²) >= 11 is 0. The molecule has 2 fully saturated rings. The Labute approximate surface area is 209 Å². The minimum atomic E-state index is -0.416. The lowest BCUT2D eigenvalue weighted by atomic mass is 9.92. The number of nitrogen functional groups attached to an aromatic ring is 1. The Morgan fingerprint density at radius 2 is 1.92 bits per heavy atom. The van der Waals surface area contributed by atoms with E-state index in [0.717, 1.165) is 47.8 Å². The van der Waals surface area contributed by atoms with E-state index in [9.17, 15) is 4.79 Å². The summed E-state index contributed by atoms with van der Waals surface area (Å²) in [6.45, 7) is 1.95. The summed E-state index contributed by atoms with van der Waals surface area (Å²) in [7, 11) is 0. The lowest BCUT2D eigenvalue weighted by Crippen LogP contribution is -2.21. The van der Waals surface area contributed by atoms with Crippen molar-refractivity contribution in [3.63, 3.8) is 0 Å². The molecule has 1 atom stereocenters. The summed E-state index contributed by atoms with van der Waals surface area (Å²) in [5.74, 6) is 1.59. The molecule has 0 aliphatic heterocycles. The second-order valence-electron chi connectivity index (χ2n) is 9.69. The average Bonchev–Trinajstić information content (AvgIpc) is 3.66. The zero-order chi connectivity index (χ0) is 24.6. The monoisotopic (exact) mass is 483 g/mol. The second kappa shape index (κ2) is 9.18. The maximum atomic E-state index is 12.3. The normalized spacial score (nSPS) is 16.4. The number of nitrogens with zero attached hydrogens (tertiary/aromatic N) is 3. The van der Waals surface area contributed by atoms with Crippen LogP contribution in [0.5, 0.6) is 11.6 Å². The fraction of sp³-hybridized carbons (Fsp3) is 0.321. The van der Waals surface area contributed by atoms with Crippen LogP contribution < -0.4 is 15.8 Å². The van der Waals surface area contributed by atoms with Gasteiger partial charge >= 0.3 is 6.09 Å². The zero-order valence-electron chi connectivity index (χ0n) is 20.2. The Morgan fingerprint density at radius 1 is 1.11 bits per heavy atom. The van der Waals surface area contributed by atoms with Gasteiger partial charge in [-0.1, -0.05) is 12.1 Å². The van der Waals surface area contributed by atoms with Crippen molar-refractivity contribution in [3.05, 3.63) is 61.1 Å². The minimum Gasteiger partial charge on any atom is -0.446 e. The number of hydrogen-bond acceptors (Lipinski definition) is 6. The first-order valence-corrected chi connectivity index (χ1v) is 12.5. The molecular formula is C28H29N5O3. The highest BCUT2D eigenvalue weighted by Gasteiger charge is 2.31. The Bertz CT molecular complexity index is 1390. The Kier molecular flexibility index (Phi) is 5.71. The molecule has 2 aliphatic carbocycles. The van der Waals surface area contributed by atoms with E-state index in [4.69, 9.17) is 15.2 Å². The van der Waals surface area contributed by atoms with Gasteiger partial charge in [-0.15, -0.1) is 0 Å². The number of anilines is 2. The predicted molar refractivity (Wildman–Crippen MR) is 139 cm³/mol. The number of nitrogens with one attached hydrogen (secondary N) is 1. The highest BCUT2D eigenvalue weighted by Crippen LogP contribution is 2.45. The molecule has 2 aliphatic rings. The van der Waals surface area contributed by atoms with Gasteiger partial charge < -0.3 is 19.8 Å². The van der Waals surface area contributed by atoms with Crippen molar-refractivity contribution in [2.45, 2.75) is 51.2 Å². The summed E-state index contributed by atoms with van der Waals surface area (Å²) in [5, 5.41) is 3.78. The third-order valence-corrected chi connectivity index (χ3v) is 7.20. The Hall–Kier alpha value is -4.07. The smallest absolute Gasteiger partial charge is 0.411 e. The first kappa shape index (κ1) is 22.4. The SMILES string of the molecule is C[C@@H](OC(=O)Nc1ccc(-c2c(N)c3cc(Oc4cnccn4)ccc3n2C2CCC2)cc1)C1CC1. The lowest BCUT2D eigenvalue weighted by molar-refractivity contribution is 0.108. The predicted octanol–water partition coefficient (Wildman–Crippen LogP) is 6.54. The molecule has 0 spiro atoms. The molecule has 2 heterocycles. The molecule has 0 unspecified atom stereocenters. The fourth-order valence-corrected chi connectivity index (χ4v) is 4.85. The number of nitrogens with two attached hydrogens (primary N) is 1. The van der Waals surface area contributed by atoms with Gasteiger partial charge in [0.2, 0.25) is 5.88 Å². The van der Waals surface area contributed by atoms with E-state index in [1.54, 1.807) is 18.6 Å². The molecule has 8 nitrogen and oxygen atoms in total. The van der Waals surface area contributed by atoms with Crippen molar-refractivity contribution in [3.8, 4) is 22.9 Å². The summed E-state index contributed by atoms with van der Waals surface area (Å²) in [5.41, 5.74) is 11.2. The van der Waals surface area contributed by atoms with E-state index in [1.165, 1.54) is 6.42 Å². The number of aromatic nitrogens is 3. The van der Waals surface area contributed by atoms with Gasteiger partial charge in [0.05, 0.1) is 23.1 Å². The number of amides is 1. The first-order valence-electron chi connectivity index (χ1n) is 12.5. The summed E-state index contributed by atoms with van der Waals surface area (Å²) in [4.78, 5) is 20.5. The molecule has 0 radical (unpaired) electrons. The number of benzene rings is 2. The van der Waals surface area contributed by atoms with Crippen LogP contribution in [0.15, 0.2) is 61.1 Å². The molecule has 1 amide bonds. The largest absolute Gasteiger partial charge is 0.446 e. The number of rotatable bonds is 7. The number of carbonyl (C=O) groups excluding carboxylic acids is 1. The summed E-state index contributed by atoms with van der Waals surface area (Å²) in [6, 6.07) is 14.1. The van der Waals surface area contributed by atoms with Crippen LogP contribution in [0.2, 0.25) is 0 Å². The number of carbonyl (C=O) groups is 1. The molecule has 2 aromatic heterocycles. The van der Waals surface area contributed by atoms with Crippen molar-refractivity contribution < 1.29 is 14.3 Å². The van der Waals surface area contributed by atoms with E-state index in [-0.39, 0.29) is 6.10 Å². The molecular weight excluding hydrogens is 454 g/mol. The van der Waals surface area contributed by atoms with Crippen LogP contribution in [-0.2, 0) is 4.74 Å². The van der Waals surface area contributed by atoms with Crippen molar-refractivity contribution in [1.82, 2.24) is 14.5 Å². The van der Waals surface area contributed by atoms with Crippen LogP contribution in [0, 0.1) is 5.92 Å². The summed E-state index contributed by atoms with van der Waals surface area (Å²) < 4.78 is 13.7. The maximum Gasteiger partial charge on any atom is 0.411 e. The van der Waals surface area contributed by atoms with Gasteiger partial charge in [0, 0.05) is 35.1 Å². The van der Waals surface area contributed by atoms with Crippen LogP contribution in [0.4, 0.5) is 16.2 Å².